The zero-order valence-corrected chi connectivity index (χ0v) is 19.0. The van der Waals surface area contributed by atoms with Gasteiger partial charge < -0.3 is 15.5 Å². The van der Waals surface area contributed by atoms with Gasteiger partial charge in [0.05, 0.1) is 30.3 Å². The van der Waals surface area contributed by atoms with Crippen LogP contribution in [-0.4, -0.2) is 56.3 Å². The van der Waals surface area contributed by atoms with Crippen LogP contribution in [0.5, 0.6) is 0 Å². The van der Waals surface area contributed by atoms with Gasteiger partial charge in [0.1, 0.15) is 16.5 Å². The number of nitrogens with one attached hydrogen (secondary N) is 3. The summed E-state index contributed by atoms with van der Waals surface area (Å²) in [5.74, 6) is -6.26. The molecule has 1 fully saturated rings. The van der Waals surface area contributed by atoms with E-state index in [0.717, 1.165) is 23.2 Å². The average Bonchev–Trinajstić information content (AvgIpc) is 3.40. The maximum atomic E-state index is 14.2. The van der Waals surface area contributed by atoms with Gasteiger partial charge in [-0.05, 0) is 32.4 Å². The molecule has 0 unspecified atom stereocenters. The lowest BCUT2D eigenvalue weighted by molar-refractivity contribution is -0.152. The first kappa shape index (κ1) is 26.3. The fourth-order valence-corrected chi connectivity index (χ4v) is 4.17. The van der Waals surface area contributed by atoms with Gasteiger partial charge >= 0.3 is 18.0 Å². The van der Waals surface area contributed by atoms with Crippen molar-refractivity contribution in [1.82, 2.24) is 25.6 Å². The Hall–Kier alpha value is -3.29. The van der Waals surface area contributed by atoms with Crippen molar-refractivity contribution in [3.63, 3.8) is 0 Å². The minimum Gasteiger partial charge on any atom is -0.339 e. The summed E-state index contributed by atoms with van der Waals surface area (Å²) >= 11 is 5.52. The third-order valence-electron chi connectivity index (χ3n) is 5.68. The molecule has 0 spiro atoms. The monoisotopic (exact) mass is 522 g/mol. The number of rotatable bonds is 5. The largest absolute Gasteiger partial charge is 0.391 e. The molecule has 0 bridgehead atoms. The van der Waals surface area contributed by atoms with Crippen molar-refractivity contribution in [2.24, 2.45) is 5.92 Å². The van der Waals surface area contributed by atoms with Gasteiger partial charge in [-0.3, -0.25) is 14.4 Å². The number of aromatic amines is 1. The predicted molar refractivity (Wildman–Crippen MR) is 112 cm³/mol. The molecule has 0 radical (unpaired) electrons. The Morgan fingerprint density at radius 1 is 1.26 bits per heavy atom. The number of nitrogens with zero attached hydrogens (tertiary/aromatic N) is 3. The Bertz CT molecular complexity index is 1110. The van der Waals surface area contributed by atoms with E-state index in [-0.39, 0.29) is 17.8 Å². The van der Waals surface area contributed by atoms with Gasteiger partial charge in [-0.1, -0.05) is 11.6 Å². The molecule has 35 heavy (non-hydrogen) atoms. The first-order valence-corrected chi connectivity index (χ1v) is 10.7. The van der Waals surface area contributed by atoms with E-state index < -0.39 is 71.0 Å². The van der Waals surface area contributed by atoms with E-state index in [9.17, 15) is 36.3 Å². The van der Waals surface area contributed by atoms with Crippen LogP contribution >= 0.6 is 11.6 Å². The predicted octanol–water partition coefficient (Wildman–Crippen LogP) is 3.11. The highest BCUT2D eigenvalue weighted by atomic mass is 35.5. The van der Waals surface area contributed by atoms with Crippen molar-refractivity contribution in [3.05, 3.63) is 40.7 Å². The molecular formula is C20H20ClF5N6O3. The van der Waals surface area contributed by atoms with Crippen LogP contribution in [0, 0.1) is 17.6 Å². The second-order valence-electron chi connectivity index (χ2n) is 8.10. The van der Waals surface area contributed by atoms with Crippen molar-refractivity contribution in [3.8, 4) is 0 Å². The second kappa shape index (κ2) is 10.1. The molecule has 2 heterocycles. The Morgan fingerprint density at radius 2 is 1.94 bits per heavy atom. The number of hydrogen-bond donors (Lipinski definition) is 3. The number of anilines is 1. The number of alkyl halides is 3. The van der Waals surface area contributed by atoms with E-state index in [1.807, 2.05) is 5.32 Å². The van der Waals surface area contributed by atoms with Gasteiger partial charge in [0.25, 0.3) is 0 Å². The summed E-state index contributed by atoms with van der Waals surface area (Å²) in [6.45, 7) is 3.02. The minimum atomic E-state index is -4.67. The molecule has 15 heteroatoms. The molecule has 3 N–H and O–H groups in total. The van der Waals surface area contributed by atoms with Gasteiger partial charge in [0, 0.05) is 12.1 Å². The van der Waals surface area contributed by atoms with Gasteiger partial charge in [0.2, 0.25) is 5.91 Å². The molecule has 190 valence electrons. The molecule has 0 saturated carbocycles. The third-order valence-corrected chi connectivity index (χ3v) is 6.03. The van der Waals surface area contributed by atoms with Crippen molar-refractivity contribution in [2.75, 3.05) is 5.32 Å². The number of likely N-dealkylation sites (tertiary alicyclic amines) is 1. The lowest BCUT2D eigenvalue weighted by atomic mass is 9.99. The van der Waals surface area contributed by atoms with Crippen molar-refractivity contribution in [2.45, 2.75) is 51.0 Å². The Morgan fingerprint density at radius 3 is 2.54 bits per heavy atom. The summed E-state index contributed by atoms with van der Waals surface area (Å²) in [6.07, 6.45) is -5.09. The lowest BCUT2D eigenvalue weighted by Gasteiger charge is -2.28. The van der Waals surface area contributed by atoms with Crippen LogP contribution in [0.4, 0.5) is 27.6 Å². The highest BCUT2D eigenvalue weighted by Gasteiger charge is 2.45. The molecule has 9 nitrogen and oxygen atoms in total. The molecule has 2 aromatic rings. The molecule has 4 atom stereocenters. The van der Waals surface area contributed by atoms with E-state index in [2.05, 4.69) is 20.7 Å². The van der Waals surface area contributed by atoms with Crippen LogP contribution in [0.25, 0.3) is 0 Å². The quantitative estimate of drug-likeness (QED) is 0.317. The number of carbonyl (C=O) groups is 3. The SMILES string of the molecule is C[C@H]1C[C@H](C(=O)Nc2ccc(F)c(Cl)c2F)[C@H](C)N1C(=O)C(=O)N[C@@H](CC(F)(F)F)c1cn[nH]n1. The number of hydrogen-bond acceptors (Lipinski definition) is 5. The van der Waals surface area contributed by atoms with Crippen molar-refractivity contribution >= 4 is 35.0 Å². The summed E-state index contributed by atoms with van der Waals surface area (Å²) in [6, 6.07) is -1.32. The van der Waals surface area contributed by atoms with E-state index in [4.69, 9.17) is 11.6 Å². The van der Waals surface area contributed by atoms with Crippen LogP contribution in [0.3, 0.4) is 0 Å². The number of benzene rings is 1. The topological polar surface area (TPSA) is 120 Å². The number of H-pyrrole nitrogens is 1. The van der Waals surface area contributed by atoms with E-state index in [1.165, 1.54) is 6.92 Å². The van der Waals surface area contributed by atoms with Gasteiger partial charge in [-0.2, -0.15) is 28.6 Å². The number of carbonyl (C=O) groups excluding carboxylic acids is 3. The first-order chi connectivity index (χ1) is 16.3. The lowest BCUT2D eigenvalue weighted by Crippen LogP contribution is -2.49. The molecule has 1 aromatic heterocycles. The zero-order chi connectivity index (χ0) is 26.1. The smallest absolute Gasteiger partial charge is 0.339 e. The highest BCUT2D eigenvalue weighted by molar-refractivity contribution is 6.35. The van der Waals surface area contributed by atoms with Crippen LogP contribution in [-0.2, 0) is 14.4 Å². The van der Waals surface area contributed by atoms with E-state index in [0.29, 0.717) is 0 Å². The molecular weight excluding hydrogens is 503 g/mol. The van der Waals surface area contributed by atoms with Crippen LogP contribution in [0.1, 0.15) is 38.4 Å². The standard InChI is InChI=1S/C20H20ClF5N6O3/c1-8-5-10(17(33)28-12-4-3-11(22)15(21)16(12)23)9(2)32(8)19(35)18(34)29-13(6-20(24,25)26)14-7-27-31-30-14/h3-4,7-10,13H,5-6H2,1-2H3,(H,28,33)(H,29,34)(H,27,30,31)/t8-,9-,10-,13-/m0/s1. The maximum absolute atomic E-state index is 14.2. The summed E-state index contributed by atoms with van der Waals surface area (Å²) in [7, 11) is 0. The average molecular weight is 523 g/mol. The van der Waals surface area contributed by atoms with E-state index in [1.54, 1.807) is 6.92 Å². The van der Waals surface area contributed by atoms with Crippen LogP contribution in [0.2, 0.25) is 5.02 Å². The molecule has 1 aliphatic heterocycles. The third kappa shape index (κ3) is 5.86. The van der Waals surface area contributed by atoms with Crippen molar-refractivity contribution in [1.29, 1.82) is 0 Å². The van der Waals surface area contributed by atoms with Crippen LogP contribution < -0.4 is 10.6 Å². The van der Waals surface area contributed by atoms with E-state index >= 15 is 0 Å². The summed E-state index contributed by atoms with van der Waals surface area (Å²) in [5.41, 5.74) is -0.588. The molecule has 3 amide bonds. The number of amides is 3. The molecule has 1 aromatic carbocycles. The van der Waals surface area contributed by atoms with Gasteiger partial charge in [-0.15, -0.1) is 0 Å². The Balaban J connectivity index is 1.71. The number of halogens is 6. The summed E-state index contributed by atoms with van der Waals surface area (Å²) < 4.78 is 66.4. The van der Waals surface area contributed by atoms with Gasteiger partial charge in [-0.25, -0.2) is 8.78 Å². The first-order valence-electron chi connectivity index (χ1n) is 10.3. The summed E-state index contributed by atoms with van der Waals surface area (Å²) in [5, 5.41) is 12.6. The zero-order valence-electron chi connectivity index (χ0n) is 18.3. The molecule has 1 saturated heterocycles. The van der Waals surface area contributed by atoms with Crippen LogP contribution in [0.15, 0.2) is 18.3 Å². The Kier molecular flexibility index (Phi) is 7.62. The summed E-state index contributed by atoms with van der Waals surface area (Å²) in [4.78, 5) is 39.2. The molecule has 3 rings (SSSR count). The minimum absolute atomic E-state index is 0.0812. The molecule has 0 aliphatic carbocycles. The van der Waals surface area contributed by atoms with Gasteiger partial charge in [0.15, 0.2) is 5.82 Å². The highest BCUT2D eigenvalue weighted by Crippen LogP contribution is 2.33. The maximum Gasteiger partial charge on any atom is 0.391 e. The molecule has 1 aliphatic rings. The van der Waals surface area contributed by atoms with Crippen molar-refractivity contribution < 1.29 is 36.3 Å². The normalized spacial score (nSPS) is 21.0. The Labute approximate surface area is 200 Å². The fraction of sp³-hybridized carbons (Fsp3) is 0.450. The number of aromatic nitrogens is 3. The second-order valence-corrected chi connectivity index (χ2v) is 8.47. The fourth-order valence-electron chi connectivity index (χ4n) is 4.01.